The first-order chi connectivity index (χ1) is 11.9. The zero-order chi connectivity index (χ0) is 17.6. The van der Waals surface area contributed by atoms with E-state index in [1.807, 2.05) is 4.68 Å². The summed E-state index contributed by atoms with van der Waals surface area (Å²) in [5.41, 5.74) is 2.87. The van der Waals surface area contributed by atoms with Crippen molar-refractivity contribution in [2.75, 3.05) is 11.5 Å². The van der Waals surface area contributed by atoms with Crippen LogP contribution in [0.25, 0.3) is 0 Å². The molecule has 1 atom stereocenters. The first-order valence-corrected chi connectivity index (χ1v) is 10.0. The standard InChI is InChI=1S/C17H18FN3O3S/c18-15-3-1-12(2-4-15)8-21-16-10-20(9-14(16)7-19-21)17(22)13-5-6-25(23,24)11-13/h1-4,7,13H,5-6,8-11H2/t13-/m1/s1. The smallest absolute Gasteiger partial charge is 0.227 e. The molecule has 1 amide bonds. The Hall–Kier alpha value is -2.22. The molecule has 0 unspecified atom stereocenters. The third-order valence-electron chi connectivity index (χ3n) is 4.88. The first kappa shape index (κ1) is 16.3. The van der Waals surface area contributed by atoms with Crippen LogP contribution in [0.2, 0.25) is 0 Å². The van der Waals surface area contributed by atoms with Crippen molar-refractivity contribution in [3.63, 3.8) is 0 Å². The molecule has 2 aliphatic rings. The van der Waals surface area contributed by atoms with Crippen LogP contribution in [0.3, 0.4) is 0 Å². The topological polar surface area (TPSA) is 72.3 Å². The van der Waals surface area contributed by atoms with Crippen LogP contribution in [-0.2, 0) is 34.3 Å². The summed E-state index contributed by atoms with van der Waals surface area (Å²) in [7, 11) is -3.07. The molecule has 0 aliphatic carbocycles. The molecule has 2 aliphatic heterocycles. The largest absolute Gasteiger partial charge is 0.332 e. The minimum Gasteiger partial charge on any atom is -0.332 e. The zero-order valence-corrected chi connectivity index (χ0v) is 14.4. The van der Waals surface area contributed by atoms with E-state index >= 15 is 0 Å². The number of rotatable bonds is 3. The van der Waals surface area contributed by atoms with E-state index in [-0.39, 0.29) is 23.2 Å². The van der Waals surface area contributed by atoms with Crippen LogP contribution in [0.4, 0.5) is 4.39 Å². The van der Waals surface area contributed by atoms with E-state index in [0.29, 0.717) is 26.1 Å². The lowest BCUT2D eigenvalue weighted by Crippen LogP contribution is -2.33. The number of sulfone groups is 1. The van der Waals surface area contributed by atoms with Crippen molar-refractivity contribution in [1.82, 2.24) is 14.7 Å². The molecule has 6 nitrogen and oxygen atoms in total. The highest BCUT2D eigenvalue weighted by Crippen LogP contribution is 2.28. The van der Waals surface area contributed by atoms with Gasteiger partial charge in [-0.3, -0.25) is 9.48 Å². The molecule has 25 heavy (non-hydrogen) atoms. The van der Waals surface area contributed by atoms with Gasteiger partial charge in [0.15, 0.2) is 9.84 Å². The molecule has 1 aromatic heterocycles. The quantitative estimate of drug-likeness (QED) is 0.825. The number of halogens is 1. The maximum atomic E-state index is 13.0. The van der Waals surface area contributed by atoms with Crippen molar-refractivity contribution in [3.05, 3.63) is 53.1 Å². The minimum absolute atomic E-state index is 0.0413. The minimum atomic E-state index is -3.07. The number of benzene rings is 1. The first-order valence-electron chi connectivity index (χ1n) is 8.18. The second kappa shape index (κ2) is 5.94. The van der Waals surface area contributed by atoms with Crippen LogP contribution >= 0.6 is 0 Å². The highest BCUT2D eigenvalue weighted by molar-refractivity contribution is 7.91. The molecular weight excluding hydrogens is 345 g/mol. The Morgan fingerprint density at radius 1 is 1.24 bits per heavy atom. The normalized spacial score (nSPS) is 21.5. The van der Waals surface area contributed by atoms with E-state index in [1.54, 1.807) is 23.2 Å². The average molecular weight is 363 g/mol. The van der Waals surface area contributed by atoms with Gasteiger partial charge in [-0.15, -0.1) is 0 Å². The van der Waals surface area contributed by atoms with Crippen LogP contribution in [0.5, 0.6) is 0 Å². The van der Waals surface area contributed by atoms with Crippen molar-refractivity contribution in [2.45, 2.75) is 26.1 Å². The van der Waals surface area contributed by atoms with Gasteiger partial charge in [0, 0.05) is 12.1 Å². The Labute approximate surface area is 145 Å². The van der Waals surface area contributed by atoms with Gasteiger partial charge in [0.25, 0.3) is 0 Å². The third kappa shape index (κ3) is 3.18. The summed E-state index contributed by atoms with van der Waals surface area (Å²) in [5, 5.41) is 4.36. The molecule has 0 bridgehead atoms. The number of hydrogen-bond acceptors (Lipinski definition) is 4. The van der Waals surface area contributed by atoms with Gasteiger partial charge in [-0.2, -0.15) is 5.10 Å². The molecule has 0 saturated carbocycles. The monoisotopic (exact) mass is 363 g/mol. The fourth-order valence-corrected chi connectivity index (χ4v) is 5.24. The number of nitrogens with zero attached hydrogens (tertiary/aromatic N) is 3. The molecule has 2 aromatic rings. The Balaban J connectivity index is 1.47. The van der Waals surface area contributed by atoms with Gasteiger partial charge in [-0.05, 0) is 24.1 Å². The van der Waals surface area contributed by atoms with Crippen molar-refractivity contribution < 1.29 is 17.6 Å². The molecule has 132 valence electrons. The summed E-state index contributed by atoms with van der Waals surface area (Å²) in [4.78, 5) is 14.3. The predicted molar refractivity (Wildman–Crippen MR) is 88.7 cm³/mol. The van der Waals surface area contributed by atoms with E-state index in [9.17, 15) is 17.6 Å². The van der Waals surface area contributed by atoms with E-state index in [1.165, 1.54) is 12.1 Å². The molecule has 1 fully saturated rings. The molecular formula is C17H18FN3O3S. The number of hydrogen-bond donors (Lipinski definition) is 0. The number of fused-ring (bicyclic) bond motifs is 1. The average Bonchev–Trinajstić information content (AvgIpc) is 3.24. The second-order valence-electron chi connectivity index (χ2n) is 6.69. The van der Waals surface area contributed by atoms with Gasteiger partial charge < -0.3 is 4.90 Å². The van der Waals surface area contributed by atoms with Gasteiger partial charge in [-0.25, -0.2) is 12.8 Å². The Morgan fingerprint density at radius 2 is 2.00 bits per heavy atom. The van der Waals surface area contributed by atoms with Gasteiger partial charge in [-0.1, -0.05) is 12.1 Å². The van der Waals surface area contributed by atoms with Crippen molar-refractivity contribution >= 4 is 15.7 Å². The van der Waals surface area contributed by atoms with Crippen LogP contribution in [0.1, 0.15) is 23.2 Å². The molecule has 1 saturated heterocycles. The molecule has 8 heteroatoms. The maximum absolute atomic E-state index is 13.0. The Kier molecular flexibility index (Phi) is 3.87. The van der Waals surface area contributed by atoms with Crippen LogP contribution in [0, 0.1) is 11.7 Å². The summed E-state index contributed by atoms with van der Waals surface area (Å²) in [6.07, 6.45) is 2.16. The van der Waals surface area contributed by atoms with Crippen LogP contribution in [0.15, 0.2) is 30.5 Å². The molecule has 4 rings (SSSR count). The fraction of sp³-hybridized carbons (Fsp3) is 0.412. The summed E-state index contributed by atoms with van der Waals surface area (Å²) in [6, 6.07) is 6.25. The number of amides is 1. The molecule has 0 radical (unpaired) electrons. The van der Waals surface area contributed by atoms with E-state index in [2.05, 4.69) is 5.10 Å². The Morgan fingerprint density at radius 3 is 2.68 bits per heavy atom. The maximum Gasteiger partial charge on any atom is 0.227 e. The molecule has 0 spiro atoms. The zero-order valence-electron chi connectivity index (χ0n) is 13.6. The highest BCUT2D eigenvalue weighted by atomic mass is 32.2. The lowest BCUT2D eigenvalue weighted by atomic mass is 10.1. The lowest BCUT2D eigenvalue weighted by molar-refractivity contribution is -0.135. The Bertz CT molecular complexity index is 921. The van der Waals surface area contributed by atoms with Crippen molar-refractivity contribution in [1.29, 1.82) is 0 Å². The summed E-state index contributed by atoms with van der Waals surface area (Å²) in [6.45, 7) is 1.41. The highest BCUT2D eigenvalue weighted by Gasteiger charge is 2.37. The molecule has 1 aromatic carbocycles. The van der Waals surface area contributed by atoms with E-state index in [0.717, 1.165) is 16.8 Å². The van der Waals surface area contributed by atoms with Gasteiger partial charge in [0.2, 0.25) is 5.91 Å². The molecule has 0 N–H and O–H groups in total. The molecule has 3 heterocycles. The summed E-state index contributed by atoms with van der Waals surface area (Å²) in [5.74, 6) is -0.737. The van der Waals surface area contributed by atoms with Crippen LogP contribution in [-0.4, -0.2) is 40.5 Å². The van der Waals surface area contributed by atoms with E-state index < -0.39 is 15.8 Å². The lowest BCUT2D eigenvalue weighted by Gasteiger charge is -2.19. The predicted octanol–water partition coefficient (Wildman–Crippen LogP) is 1.35. The van der Waals surface area contributed by atoms with Crippen molar-refractivity contribution in [2.24, 2.45) is 5.92 Å². The number of aromatic nitrogens is 2. The van der Waals surface area contributed by atoms with Crippen molar-refractivity contribution in [3.8, 4) is 0 Å². The second-order valence-corrected chi connectivity index (χ2v) is 8.92. The van der Waals surface area contributed by atoms with Gasteiger partial charge >= 0.3 is 0 Å². The third-order valence-corrected chi connectivity index (χ3v) is 6.64. The number of carbonyl (C=O) groups is 1. The summed E-state index contributed by atoms with van der Waals surface area (Å²) >= 11 is 0. The van der Waals surface area contributed by atoms with Gasteiger partial charge in [0.05, 0.1) is 42.4 Å². The van der Waals surface area contributed by atoms with E-state index in [4.69, 9.17) is 0 Å². The van der Waals surface area contributed by atoms with Gasteiger partial charge in [0.1, 0.15) is 5.82 Å². The fourth-order valence-electron chi connectivity index (χ4n) is 3.51. The number of carbonyl (C=O) groups excluding carboxylic acids is 1. The SMILES string of the molecule is O=C([C@@H]1CCS(=O)(=O)C1)N1Cc2cnn(Cc3ccc(F)cc3)c2C1. The van der Waals surface area contributed by atoms with Crippen LogP contribution < -0.4 is 0 Å². The summed E-state index contributed by atoms with van der Waals surface area (Å²) < 4.78 is 38.0.